The third-order valence-electron chi connectivity index (χ3n) is 2.99. The monoisotopic (exact) mass is 298 g/mol. The zero-order valence-electron chi connectivity index (χ0n) is 10.3. The van der Waals surface area contributed by atoms with Crippen molar-refractivity contribution < 1.29 is 9.50 Å². The van der Waals surface area contributed by atoms with Crippen LogP contribution in [0.2, 0.25) is 10.0 Å². The van der Waals surface area contributed by atoms with Gasteiger partial charge in [0.25, 0.3) is 0 Å². The number of benzene rings is 2. The largest absolute Gasteiger partial charge is 0.385 e. The van der Waals surface area contributed by atoms with Crippen LogP contribution in [0.25, 0.3) is 0 Å². The minimum Gasteiger partial charge on any atom is -0.385 e. The van der Waals surface area contributed by atoms with E-state index in [1.54, 1.807) is 37.3 Å². The molecular formula is C15H13Cl2FO. The van der Waals surface area contributed by atoms with E-state index in [9.17, 15) is 9.50 Å². The van der Waals surface area contributed by atoms with Gasteiger partial charge in [0, 0.05) is 12.0 Å². The molecule has 1 N–H and O–H groups in total. The molecule has 0 radical (unpaired) electrons. The highest BCUT2D eigenvalue weighted by Gasteiger charge is 2.27. The molecule has 0 fully saturated rings. The van der Waals surface area contributed by atoms with Gasteiger partial charge in [-0.15, -0.1) is 0 Å². The summed E-state index contributed by atoms with van der Waals surface area (Å²) in [7, 11) is 0. The van der Waals surface area contributed by atoms with Crippen LogP contribution in [0.15, 0.2) is 42.5 Å². The van der Waals surface area contributed by atoms with Crippen LogP contribution >= 0.6 is 23.2 Å². The Bertz CT molecular complexity index is 579. The van der Waals surface area contributed by atoms with Crippen LogP contribution in [0, 0.1) is 5.82 Å². The van der Waals surface area contributed by atoms with Crippen LogP contribution < -0.4 is 0 Å². The zero-order valence-corrected chi connectivity index (χ0v) is 11.8. The van der Waals surface area contributed by atoms with Crippen LogP contribution in [0.5, 0.6) is 0 Å². The van der Waals surface area contributed by atoms with Crippen molar-refractivity contribution in [3.63, 3.8) is 0 Å². The van der Waals surface area contributed by atoms with E-state index in [2.05, 4.69) is 0 Å². The Kier molecular flexibility index (Phi) is 4.14. The molecule has 0 aromatic heterocycles. The SMILES string of the molecule is CC(O)(Cc1ccc(F)cc1)c1cccc(Cl)c1Cl. The summed E-state index contributed by atoms with van der Waals surface area (Å²) in [6.07, 6.45) is 0.327. The van der Waals surface area contributed by atoms with Crippen LogP contribution in [0.1, 0.15) is 18.1 Å². The van der Waals surface area contributed by atoms with E-state index in [1.165, 1.54) is 12.1 Å². The molecule has 1 atom stereocenters. The molecule has 2 aromatic carbocycles. The Morgan fingerprint density at radius 1 is 1.11 bits per heavy atom. The lowest BCUT2D eigenvalue weighted by atomic mass is 9.89. The summed E-state index contributed by atoms with van der Waals surface area (Å²) < 4.78 is 12.9. The molecule has 0 heterocycles. The molecule has 19 heavy (non-hydrogen) atoms. The van der Waals surface area contributed by atoms with Gasteiger partial charge in [0.2, 0.25) is 0 Å². The van der Waals surface area contributed by atoms with Gasteiger partial charge in [0.05, 0.1) is 15.6 Å². The lowest BCUT2D eigenvalue weighted by Crippen LogP contribution is -2.24. The summed E-state index contributed by atoms with van der Waals surface area (Å²) in [5.74, 6) is -0.302. The fourth-order valence-electron chi connectivity index (χ4n) is 2.01. The molecule has 2 aromatic rings. The molecule has 0 bridgehead atoms. The van der Waals surface area contributed by atoms with Gasteiger partial charge in [0.15, 0.2) is 0 Å². The standard InChI is InChI=1S/C15H13Cl2FO/c1-15(19,9-10-5-7-11(18)8-6-10)12-3-2-4-13(16)14(12)17/h2-8,19H,9H2,1H3. The van der Waals surface area contributed by atoms with Gasteiger partial charge in [0.1, 0.15) is 5.82 Å². The lowest BCUT2D eigenvalue weighted by molar-refractivity contribution is 0.0577. The third-order valence-corrected chi connectivity index (χ3v) is 3.81. The van der Waals surface area contributed by atoms with Crippen molar-refractivity contribution in [2.24, 2.45) is 0 Å². The molecule has 0 aliphatic rings. The van der Waals surface area contributed by atoms with E-state index in [-0.39, 0.29) is 5.82 Å². The average Bonchev–Trinajstić information content (AvgIpc) is 2.35. The second kappa shape index (κ2) is 5.49. The van der Waals surface area contributed by atoms with Crippen LogP contribution in [-0.4, -0.2) is 5.11 Å². The first-order valence-corrected chi connectivity index (χ1v) is 6.57. The van der Waals surface area contributed by atoms with Crippen LogP contribution in [0.4, 0.5) is 4.39 Å². The average molecular weight is 299 g/mol. The molecular weight excluding hydrogens is 286 g/mol. The molecule has 0 amide bonds. The number of hydrogen-bond donors (Lipinski definition) is 1. The van der Waals surface area contributed by atoms with Gasteiger partial charge in [-0.3, -0.25) is 0 Å². The maximum Gasteiger partial charge on any atom is 0.123 e. The van der Waals surface area contributed by atoms with Gasteiger partial charge in [-0.2, -0.15) is 0 Å². The molecule has 0 aliphatic heterocycles. The van der Waals surface area contributed by atoms with Gasteiger partial charge in [-0.1, -0.05) is 47.5 Å². The van der Waals surface area contributed by atoms with Crippen molar-refractivity contribution in [2.45, 2.75) is 18.9 Å². The molecule has 4 heteroatoms. The van der Waals surface area contributed by atoms with E-state index < -0.39 is 5.60 Å². The van der Waals surface area contributed by atoms with E-state index in [1.807, 2.05) is 0 Å². The molecule has 0 spiro atoms. The molecule has 1 nitrogen and oxygen atoms in total. The minimum atomic E-state index is -1.17. The summed E-state index contributed by atoms with van der Waals surface area (Å²) in [5.41, 5.74) is 0.216. The van der Waals surface area contributed by atoms with Crippen molar-refractivity contribution in [1.82, 2.24) is 0 Å². The normalized spacial score (nSPS) is 14.2. The van der Waals surface area contributed by atoms with Crippen molar-refractivity contribution in [3.8, 4) is 0 Å². The Balaban J connectivity index is 2.31. The van der Waals surface area contributed by atoms with E-state index in [0.717, 1.165) is 5.56 Å². The highest BCUT2D eigenvalue weighted by atomic mass is 35.5. The quantitative estimate of drug-likeness (QED) is 0.879. The summed E-state index contributed by atoms with van der Waals surface area (Å²) in [6.45, 7) is 1.66. The summed E-state index contributed by atoms with van der Waals surface area (Å²) in [4.78, 5) is 0. The van der Waals surface area contributed by atoms with E-state index in [0.29, 0.717) is 22.0 Å². The maximum atomic E-state index is 12.9. The highest BCUT2D eigenvalue weighted by Crippen LogP contribution is 2.35. The molecule has 0 aliphatic carbocycles. The van der Waals surface area contributed by atoms with Gasteiger partial charge >= 0.3 is 0 Å². The van der Waals surface area contributed by atoms with Crippen molar-refractivity contribution in [2.75, 3.05) is 0 Å². The second-order valence-corrected chi connectivity index (χ2v) is 5.46. The van der Waals surface area contributed by atoms with Crippen molar-refractivity contribution in [1.29, 1.82) is 0 Å². The molecule has 0 saturated carbocycles. The van der Waals surface area contributed by atoms with Gasteiger partial charge in [-0.05, 0) is 30.7 Å². The second-order valence-electron chi connectivity index (χ2n) is 4.68. The summed E-state index contributed by atoms with van der Waals surface area (Å²) >= 11 is 12.1. The van der Waals surface area contributed by atoms with Gasteiger partial charge in [-0.25, -0.2) is 4.39 Å². The number of rotatable bonds is 3. The number of hydrogen-bond acceptors (Lipinski definition) is 1. The Morgan fingerprint density at radius 2 is 1.74 bits per heavy atom. The zero-order chi connectivity index (χ0) is 14.0. The Hall–Kier alpha value is -1.09. The first-order valence-electron chi connectivity index (χ1n) is 5.81. The first-order chi connectivity index (χ1) is 8.90. The van der Waals surface area contributed by atoms with Crippen LogP contribution in [0.3, 0.4) is 0 Å². The number of aliphatic hydroxyl groups is 1. The van der Waals surface area contributed by atoms with Crippen LogP contribution in [-0.2, 0) is 12.0 Å². The molecule has 1 unspecified atom stereocenters. The highest BCUT2D eigenvalue weighted by molar-refractivity contribution is 6.42. The smallest absolute Gasteiger partial charge is 0.123 e. The summed E-state index contributed by atoms with van der Waals surface area (Å²) in [5, 5.41) is 11.3. The first kappa shape index (κ1) is 14.3. The summed E-state index contributed by atoms with van der Waals surface area (Å²) in [6, 6.07) is 11.2. The van der Waals surface area contributed by atoms with E-state index >= 15 is 0 Å². The predicted molar refractivity (Wildman–Crippen MR) is 76.1 cm³/mol. The third kappa shape index (κ3) is 3.27. The topological polar surface area (TPSA) is 20.2 Å². The molecule has 2 rings (SSSR count). The lowest BCUT2D eigenvalue weighted by Gasteiger charge is -2.25. The van der Waals surface area contributed by atoms with Crippen molar-refractivity contribution in [3.05, 3.63) is 69.5 Å². The number of halogens is 3. The Morgan fingerprint density at radius 3 is 2.37 bits per heavy atom. The van der Waals surface area contributed by atoms with Gasteiger partial charge < -0.3 is 5.11 Å². The Labute approximate surface area is 121 Å². The molecule has 0 saturated heterocycles. The van der Waals surface area contributed by atoms with Crippen molar-refractivity contribution >= 4 is 23.2 Å². The maximum absolute atomic E-state index is 12.9. The minimum absolute atomic E-state index is 0.302. The fourth-order valence-corrected chi connectivity index (χ4v) is 2.52. The fraction of sp³-hybridized carbons (Fsp3) is 0.200. The predicted octanol–water partition coefficient (Wildman–Crippen LogP) is 4.58. The molecule has 100 valence electrons. The van der Waals surface area contributed by atoms with E-state index in [4.69, 9.17) is 23.2 Å².